The summed E-state index contributed by atoms with van der Waals surface area (Å²) >= 11 is 1.42. The smallest absolute Gasteiger partial charge is 0.229 e. The predicted molar refractivity (Wildman–Crippen MR) is 127 cm³/mol. The molecular weight excluding hydrogens is 461 g/mol. The largest absolute Gasteiger partial charge is 0.282 e. The number of fused-ring (bicyclic) bond motifs is 1. The molecule has 0 fully saturated rings. The van der Waals surface area contributed by atoms with Gasteiger partial charge in [0, 0.05) is 12.6 Å². The third-order valence-electron chi connectivity index (χ3n) is 5.09. The summed E-state index contributed by atoms with van der Waals surface area (Å²) in [5.74, 6) is -0.938. The van der Waals surface area contributed by atoms with Crippen molar-refractivity contribution in [2.75, 3.05) is 10.7 Å². The summed E-state index contributed by atoms with van der Waals surface area (Å²) in [6.45, 7) is 2.24. The molecule has 0 spiro atoms. The number of pyridine rings is 1. The average Bonchev–Trinajstić information content (AvgIpc) is 3.21. The van der Waals surface area contributed by atoms with Gasteiger partial charge >= 0.3 is 0 Å². The van der Waals surface area contributed by atoms with Gasteiger partial charge in [-0.05, 0) is 67.4 Å². The monoisotopic (exact) mass is 483 g/mol. The van der Waals surface area contributed by atoms with E-state index in [0.717, 1.165) is 27.9 Å². The van der Waals surface area contributed by atoms with Crippen LogP contribution in [0.5, 0.6) is 0 Å². The lowest BCUT2D eigenvalue weighted by Gasteiger charge is -2.19. The molecule has 4 rings (SSSR count). The molecule has 0 atom stereocenters. The van der Waals surface area contributed by atoms with E-state index in [-0.39, 0.29) is 35.9 Å². The summed E-state index contributed by atoms with van der Waals surface area (Å²) in [6, 6.07) is 16.1. The van der Waals surface area contributed by atoms with Gasteiger partial charge in [0.15, 0.2) is 15.0 Å². The minimum Gasteiger partial charge on any atom is -0.282 e. The zero-order valence-electron chi connectivity index (χ0n) is 17.9. The quantitative estimate of drug-likeness (QED) is 0.332. The van der Waals surface area contributed by atoms with Crippen molar-refractivity contribution in [1.29, 1.82) is 0 Å². The lowest BCUT2D eigenvalue weighted by molar-refractivity contribution is -0.118. The normalized spacial score (nSPS) is 11.6. The SMILES string of the molecule is Cc1ccc2nc(N(Cc3ccccn3)C(=O)CCCS(=O)(=O)c3ccc(F)cc3)sc2c1. The summed E-state index contributed by atoms with van der Waals surface area (Å²) in [6.07, 6.45) is 1.83. The van der Waals surface area contributed by atoms with Crippen LogP contribution in [0.2, 0.25) is 0 Å². The van der Waals surface area contributed by atoms with Crippen molar-refractivity contribution in [2.24, 2.45) is 0 Å². The number of aromatic nitrogens is 2. The second kappa shape index (κ2) is 9.76. The van der Waals surface area contributed by atoms with Gasteiger partial charge < -0.3 is 0 Å². The van der Waals surface area contributed by atoms with Gasteiger partial charge in [-0.3, -0.25) is 14.7 Å². The van der Waals surface area contributed by atoms with Crippen molar-refractivity contribution in [3.8, 4) is 0 Å². The van der Waals surface area contributed by atoms with Crippen LogP contribution in [0.25, 0.3) is 10.2 Å². The number of carbonyl (C=O) groups is 1. The molecule has 0 aliphatic rings. The first-order chi connectivity index (χ1) is 15.8. The number of hydrogen-bond acceptors (Lipinski definition) is 6. The lowest BCUT2D eigenvalue weighted by atomic mass is 10.2. The Hall–Kier alpha value is -3.17. The number of nitrogens with zero attached hydrogens (tertiary/aromatic N) is 3. The number of sulfone groups is 1. The molecule has 0 radical (unpaired) electrons. The number of halogens is 1. The number of carbonyl (C=O) groups excluding carboxylic acids is 1. The van der Waals surface area contributed by atoms with Crippen molar-refractivity contribution in [1.82, 2.24) is 9.97 Å². The first-order valence-electron chi connectivity index (χ1n) is 10.4. The van der Waals surface area contributed by atoms with Gasteiger partial charge in [-0.2, -0.15) is 0 Å². The van der Waals surface area contributed by atoms with Crippen LogP contribution in [-0.2, 0) is 21.2 Å². The first kappa shape index (κ1) is 23.0. The van der Waals surface area contributed by atoms with Crippen molar-refractivity contribution in [3.05, 3.63) is 83.9 Å². The minimum absolute atomic E-state index is 0.0300. The van der Waals surface area contributed by atoms with Gasteiger partial charge in [0.05, 0.1) is 33.1 Å². The third-order valence-corrected chi connectivity index (χ3v) is 7.95. The van der Waals surface area contributed by atoms with Crippen LogP contribution in [0, 0.1) is 12.7 Å². The topological polar surface area (TPSA) is 80.2 Å². The zero-order valence-corrected chi connectivity index (χ0v) is 19.6. The van der Waals surface area contributed by atoms with E-state index in [1.165, 1.54) is 23.5 Å². The molecule has 0 aliphatic carbocycles. The zero-order chi connectivity index (χ0) is 23.4. The van der Waals surface area contributed by atoms with Gasteiger partial charge in [-0.25, -0.2) is 17.8 Å². The van der Waals surface area contributed by atoms with Gasteiger partial charge in [-0.1, -0.05) is 23.5 Å². The molecular formula is C24H22FN3O3S2. The molecule has 4 aromatic rings. The van der Waals surface area contributed by atoms with E-state index in [1.54, 1.807) is 17.2 Å². The highest BCUT2D eigenvalue weighted by atomic mass is 32.2. The van der Waals surface area contributed by atoms with E-state index >= 15 is 0 Å². The van der Waals surface area contributed by atoms with Gasteiger partial charge in [0.25, 0.3) is 0 Å². The molecule has 170 valence electrons. The van der Waals surface area contributed by atoms with E-state index in [4.69, 9.17) is 0 Å². The van der Waals surface area contributed by atoms with Crippen LogP contribution in [0.1, 0.15) is 24.1 Å². The Morgan fingerprint density at radius 1 is 1.09 bits per heavy atom. The van der Waals surface area contributed by atoms with Crippen LogP contribution in [0.3, 0.4) is 0 Å². The molecule has 2 aromatic carbocycles. The van der Waals surface area contributed by atoms with E-state index in [1.807, 2.05) is 37.3 Å². The molecule has 6 nitrogen and oxygen atoms in total. The number of hydrogen-bond donors (Lipinski definition) is 0. The lowest BCUT2D eigenvalue weighted by Crippen LogP contribution is -2.30. The fraction of sp³-hybridized carbons (Fsp3) is 0.208. The number of thiazole rings is 1. The van der Waals surface area contributed by atoms with Crippen molar-refractivity contribution in [2.45, 2.75) is 31.2 Å². The molecule has 33 heavy (non-hydrogen) atoms. The molecule has 0 unspecified atom stereocenters. The Labute approximate surface area is 195 Å². The third kappa shape index (κ3) is 5.61. The summed E-state index contributed by atoms with van der Waals surface area (Å²) in [5.41, 5.74) is 2.62. The summed E-state index contributed by atoms with van der Waals surface area (Å²) < 4.78 is 39.2. The Morgan fingerprint density at radius 2 is 1.88 bits per heavy atom. The highest BCUT2D eigenvalue weighted by Crippen LogP contribution is 2.31. The average molecular weight is 484 g/mol. The Balaban J connectivity index is 1.52. The Bertz CT molecular complexity index is 1370. The fourth-order valence-corrected chi connectivity index (χ4v) is 5.75. The van der Waals surface area contributed by atoms with Crippen LogP contribution >= 0.6 is 11.3 Å². The standard InChI is InChI=1S/C24H22FN3O3S2/c1-17-7-12-21-22(15-17)32-24(27-21)28(16-19-5-2-3-13-26-19)23(29)6-4-14-33(30,31)20-10-8-18(25)9-11-20/h2-3,5,7-13,15H,4,6,14,16H2,1H3. The van der Waals surface area contributed by atoms with E-state index < -0.39 is 15.7 Å². The van der Waals surface area contributed by atoms with Crippen molar-refractivity contribution in [3.63, 3.8) is 0 Å². The van der Waals surface area contributed by atoms with Gasteiger partial charge in [0.1, 0.15) is 5.82 Å². The number of anilines is 1. The molecule has 0 bridgehead atoms. The van der Waals surface area contributed by atoms with E-state index in [2.05, 4.69) is 9.97 Å². The molecule has 0 aliphatic heterocycles. The van der Waals surface area contributed by atoms with Crippen LogP contribution in [0.15, 0.2) is 71.8 Å². The number of benzene rings is 2. The molecule has 9 heteroatoms. The van der Waals surface area contributed by atoms with E-state index in [9.17, 15) is 17.6 Å². The maximum Gasteiger partial charge on any atom is 0.229 e. The second-order valence-electron chi connectivity index (χ2n) is 7.64. The van der Waals surface area contributed by atoms with Crippen LogP contribution < -0.4 is 4.90 Å². The van der Waals surface area contributed by atoms with Crippen molar-refractivity contribution < 1.29 is 17.6 Å². The first-order valence-corrected chi connectivity index (χ1v) is 12.8. The maximum atomic E-state index is 13.2. The van der Waals surface area contributed by atoms with Crippen LogP contribution in [-0.4, -0.2) is 30.0 Å². The van der Waals surface area contributed by atoms with Crippen LogP contribution in [0.4, 0.5) is 9.52 Å². The fourth-order valence-electron chi connectivity index (χ4n) is 3.36. The molecule has 0 N–H and O–H groups in total. The van der Waals surface area contributed by atoms with Gasteiger partial charge in [-0.15, -0.1) is 0 Å². The highest BCUT2D eigenvalue weighted by molar-refractivity contribution is 7.91. The summed E-state index contributed by atoms with van der Waals surface area (Å²) in [5, 5.41) is 0.549. The summed E-state index contributed by atoms with van der Waals surface area (Å²) in [7, 11) is -3.61. The Kier molecular flexibility index (Phi) is 6.80. The molecule has 2 aromatic heterocycles. The molecule has 0 saturated heterocycles. The minimum atomic E-state index is -3.61. The predicted octanol–water partition coefficient (Wildman–Crippen LogP) is 4.93. The maximum absolute atomic E-state index is 13.2. The van der Waals surface area contributed by atoms with E-state index in [0.29, 0.717) is 10.8 Å². The number of rotatable bonds is 8. The molecule has 2 heterocycles. The molecule has 0 saturated carbocycles. The molecule has 1 amide bonds. The number of amides is 1. The van der Waals surface area contributed by atoms with Gasteiger partial charge in [0.2, 0.25) is 5.91 Å². The highest BCUT2D eigenvalue weighted by Gasteiger charge is 2.22. The second-order valence-corrected chi connectivity index (χ2v) is 10.8. The summed E-state index contributed by atoms with van der Waals surface area (Å²) in [4.78, 5) is 23.7. The Morgan fingerprint density at radius 3 is 2.61 bits per heavy atom. The van der Waals surface area contributed by atoms with Crippen molar-refractivity contribution >= 4 is 42.4 Å². The number of aryl methyl sites for hydroxylation is 1.